The number of carbonyl (C=O) groups is 1. The van der Waals surface area contributed by atoms with E-state index in [1.165, 1.54) is 5.56 Å². The van der Waals surface area contributed by atoms with Crippen LogP contribution in [0, 0.1) is 0 Å². The number of ether oxygens (including phenoxy) is 2. The zero-order chi connectivity index (χ0) is 11.8. The molecule has 2 aliphatic heterocycles. The Morgan fingerprint density at radius 3 is 2.71 bits per heavy atom. The fraction of sp³-hybridized carbons (Fsp3) is 0.462. The van der Waals surface area contributed by atoms with E-state index >= 15 is 0 Å². The first-order chi connectivity index (χ1) is 8.29. The standard InChI is InChI=1S/C13H15NO3/c1-14-3-2-9-6-12-13(17-5-4-16-12)7-10(9)11(14)8-15/h6-8,11H,2-5H2,1H3. The summed E-state index contributed by atoms with van der Waals surface area (Å²) in [5.74, 6) is 1.57. The number of hydrogen-bond donors (Lipinski definition) is 0. The Kier molecular flexibility index (Phi) is 2.52. The van der Waals surface area contributed by atoms with Crippen LogP contribution in [-0.4, -0.2) is 38.0 Å². The second kappa shape index (κ2) is 4.04. The Morgan fingerprint density at radius 2 is 2.00 bits per heavy atom. The van der Waals surface area contributed by atoms with E-state index in [0.29, 0.717) is 13.2 Å². The van der Waals surface area contributed by atoms with Crippen LogP contribution in [0.3, 0.4) is 0 Å². The monoisotopic (exact) mass is 233 g/mol. The number of benzene rings is 1. The molecule has 3 rings (SSSR count). The molecule has 0 bridgehead atoms. The fourth-order valence-electron chi connectivity index (χ4n) is 2.49. The van der Waals surface area contributed by atoms with Gasteiger partial charge in [0, 0.05) is 6.54 Å². The summed E-state index contributed by atoms with van der Waals surface area (Å²) in [7, 11) is 1.97. The van der Waals surface area contributed by atoms with Crippen LogP contribution in [0.1, 0.15) is 17.2 Å². The first-order valence-corrected chi connectivity index (χ1v) is 5.87. The van der Waals surface area contributed by atoms with Crippen molar-refractivity contribution in [1.29, 1.82) is 0 Å². The van der Waals surface area contributed by atoms with Crippen molar-refractivity contribution in [3.05, 3.63) is 23.3 Å². The van der Waals surface area contributed by atoms with Crippen LogP contribution in [0.15, 0.2) is 12.1 Å². The highest BCUT2D eigenvalue weighted by atomic mass is 16.6. The normalized spacial score (nSPS) is 23.0. The van der Waals surface area contributed by atoms with Gasteiger partial charge in [0.05, 0.1) is 6.04 Å². The molecule has 2 aliphatic rings. The van der Waals surface area contributed by atoms with Crippen LogP contribution in [-0.2, 0) is 11.2 Å². The third-order valence-corrected chi connectivity index (χ3v) is 3.46. The van der Waals surface area contributed by atoms with Gasteiger partial charge in [0.15, 0.2) is 11.5 Å². The molecule has 0 radical (unpaired) electrons. The minimum Gasteiger partial charge on any atom is -0.486 e. The van der Waals surface area contributed by atoms with Gasteiger partial charge in [-0.05, 0) is 36.7 Å². The molecule has 2 heterocycles. The van der Waals surface area contributed by atoms with Gasteiger partial charge < -0.3 is 14.3 Å². The lowest BCUT2D eigenvalue weighted by atomic mass is 9.93. The topological polar surface area (TPSA) is 38.8 Å². The fourth-order valence-corrected chi connectivity index (χ4v) is 2.49. The van der Waals surface area contributed by atoms with Crippen LogP contribution >= 0.6 is 0 Å². The SMILES string of the molecule is CN1CCc2cc3c(cc2C1C=O)OCCO3. The summed E-state index contributed by atoms with van der Waals surface area (Å²) >= 11 is 0. The molecule has 0 fully saturated rings. The van der Waals surface area contributed by atoms with E-state index in [9.17, 15) is 4.79 Å². The van der Waals surface area contributed by atoms with Crippen LogP contribution in [0.5, 0.6) is 11.5 Å². The number of hydrogen-bond acceptors (Lipinski definition) is 4. The molecule has 0 saturated carbocycles. The summed E-state index contributed by atoms with van der Waals surface area (Å²) < 4.78 is 11.1. The molecule has 1 unspecified atom stereocenters. The quantitative estimate of drug-likeness (QED) is 0.683. The minimum absolute atomic E-state index is 0.158. The maximum atomic E-state index is 11.2. The largest absolute Gasteiger partial charge is 0.486 e. The lowest BCUT2D eigenvalue weighted by Crippen LogP contribution is -2.33. The smallest absolute Gasteiger partial charge is 0.161 e. The van der Waals surface area contributed by atoms with Gasteiger partial charge in [0.1, 0.15) is 19.5 Å². The molecular weight excluding hydrogens is 218 g/mol. The summed E-state index contributed by atoms with van der Waals surface area (Å²) in [6, 6.07) is 3.82. The molecule has 4 heteroatoms. The molecular formula is C13H15NO3. The number of carbonyl (C=O) groups excluding carboxylic acids is 1. The molecule has 0 aliphatic carbocycles. The number of fused-ring (bicyclic) bond motifs is 2. The van der Waals surface area contributed by atoms with Crippen molar-refractivity contribution in [3.8, 4) is 11.5 Å². The molecule has 1 atom stereocenters. The van der Waals surface area contributed by atoms with Crippen molar-refractivity contribution < 1.29 is 14.3 Å². The van der Waals surface area contributed by atoms with E-state index in [-0.39, 0.29) is 6.04 Å². The van der Waals surface area contributed by atoms with Gasteiger partial charge in [-0.2, -0.15) is 0 Å². The second-order valence-corrected chi connectivity index (χ2v) is 4.51. The van der Waals surface area contributed by atoms with E-state index in [0.717, 1.165) is 36.3 Å². The molecule has 0 N–H and O–H groups in total. The van der Waals surface area contributed by atoms with Crippen LogP contribution in [0.25, 0.3) is 0 Å². The molecule has 0 aromatic heterocycles. The van der Waals surface area contributed by atoms with E-state index in [1.807, 2.05) is 19.2 Å². The summed E-state index contributed by atoms with van der Waals surface area (Å²) in [4.78, 5) is 13.2. The molecule has 4 nitrogen and oxygen atoms in total. The zero-order valence-corrected chi connectivity index (χ0v) is 9.81. The van der Waals surface area contributed by atoms with E-state index in [4.69, 9.17) is 9.47 Å². The maximum absolute atomic E-state index is 11.2. The highest BCUT2D eigenvalue weighted by Gasteiger charge is 2.27. The summed E-state index contributed by atoms with van der Waals surface area (Å²) in [6.07, 6.45) is 1.95. The number of rotatable bonds is 1. The first-order valence-electron chi connectivity index (χ1n) is 5.87. The summed E-state index contributed by atoms with van der Waals surface area (Å²) in [6.45, 7) is 2.08. The van der Waals surface area contributed by atoms with Gasteiger partial charge in [0.2, 0.25) is 0 Å². The van der Waals surface area contributed by atoms with Gasteiger partial charge in [-0.25, -0.2) is 0 Å². The highest BCUT2D eigenvalue weighted by molar-refractivity contribution is 5.65. The van der Waals surface area contributed by atoms with E-state index in [2.05, 4.69) is 4.90 Å². The third-order valence-electron chi connectivity index (χ3n) is 3.46. The number of nitrogens with zero attached hydrogens (tertiary/aromatic N) is 1. The molecule has 0 saturated heterocycles. The van der Waals surface area contributed by atoms with Gasteiger partial charge in [0.25, 0.3) is 0 Å². The van der Waals surface area contributed by atoms with Crippen LogP contribution in [0.2, 0.25) is 0 Å². The second-order valence-electron chi connectivity index (χ2n) is 4.51. The number of aldehydes is 1. The average molecular weight is 233 g/mol. The van der Waals surface area contributed by atoms with Crippen molar-refractivity contribution in [3.63, 3.8) is 0 Å². The Morgan fingerprint density at radius 1 is 1.29 bits per heavy atom. The highest BCUT2D eigenvalue weighted by Crippen LogP contribution is 2.38. The Labute approximate surface area is 100 Å². The Hall–Kier alpha value is -1.55. The van der Waals surface area contributed by atoms with Crippen LogP contribution < -0.4 is 9.47 Å². The molecule has 90 valence electrons. The van der Waals surface area contributed by atoms with Crippen LogP contribution in [0.4, 0.5) is 0 Å². The Balaban J connectivity index is 2.08. The van der Waals surface area contributed by atoms with Crippen molar-refractivity contribution in [2.24, 2.45) is 0 Å². The average Bonchev–Trinajstić information content (AvgIpc) is 2.36. The zero-order valence-electron chi connectivity index (χ0n) is 9.81. The molecule has 1 aromatic rings. The minimum atomic E-state index is -0.158. The van der Waals surface area contributed by atoms with Gasteiger partial charge in [-0.1, -0.05) is 0 Å². The molecule has 0 amide bonds. The van der Waals surface area contributed by atoms with Crippen molar-refractivity contribution in [2.45, 2.75) is 12.5 Å². The summed E-state index contributed by atoms with van der Waals surface area (Å²) in [5.41, 5.74) is 2.25. The van der Waals surface area contributed by atoms with Gasteiger partial charge in [-0.15, -0.1) is 0 Å². The summed E-state index contributed by atoms with van der Waals surface area (Å²) in [5, 5.41) is 0. The number of likely N-dealkylation sites (N-methyl/N-ethyl adjacent to an activating group) is 1. The Bertz CT molecular complexity index is 458. The van der Waals surface area contributed by atoms with Crippen molar-refractivity contribution in [1.82, 2.24) is 4.90 Å². The molecule has 0 spiro atoms. The van der Waals surface area contributed by atoms with E-state index < -0.39 is 0 Å². The van der Waals surface area contributed by atoms with Crippen molar-refractivity contribution in [2.75, 3.05) is 26.8 Å². The molecule has 17 heavy (non-hydrogen) atoms. The third kappa shape index (κ3) is 1.69. The lowest BCUT2D eigenvalue weighted by Gasteiger charge is -2.32. The van der Waals surface area contributed by atoms with Gasteiger partial charge >= 0.3 is 0 Å². The predicted octanol–water partition coefficient (Wildman–Crippen LogP) is 1.19. The maximum Gasteiger partial charge on any atom is 0.161 e. The first kappa shape index (κ1) is 10.6. The molecule has 1 aromatic carbocycles. The van der Waals surface area contributed by atoms with Crippen molar-refractivity contribution >= 4 is 6.29 Å². The van der Waals surface area contributed by atoms with E-state index in [1.54, 1.807) is 0 Å². The lowest BCUT2D eigenvalue weighted by molar-refractivity contribution is -0.112. The van der Waals surface area contributed by atoms with Gasteiger partial charge in [-0.3, -0.25) is 4.90 Å². The predicted molar refractivity (Wildman–Crippen MR) is 62.6 cm³/mol.